The Morgan fingerprint density at radius 1 is 1.04 bits per heavy atom. The van der Waals surface area contributed by atoms with Gasteiger partial charge in [-0.15, -0.1) is 5.10 Å². The summed E-state index contributed by atoms with van der Waals surface area (Å²) in [5.74, 6) is -1.19. The molecule has 2 aromatic rings. The highest BCUT2D eigenvalue weighted by Crippen LogP contribution is 2.41. The molecule has 4 rings (SSSR count). The summed E-state index contributed by atoms with van der Waals surface area (Å²) in [7, 11) is 0. The van der Waals surface area contributed by atoms with Gasteiger partial charge >= 0.3 is 11.8 Å². The summed E-state index contributed by atoms with van der Waals surface area (Å²) in [6, 6.07) is 11.3. The molecular formula is C18H16N6O2. The molecule has 0 unspecified atom stereocenters. The molecule has 0 N–H and O–H groups in total. The summed E-state index contributed by atoms with van der Waals surface area (Å²) in [5, 5.41) is 17.5. The number of pyridine rings is 1. The molecule has 1 saturated heterocycles. The summed E-state index contributed by atoms with van der Waals surface area (Å²) in [6.45, 7) is 0.975. The van der Waals surface area contributed by atoms with Crippen LogP contribution >= 0.6 is 0 Å². The van der Waals surface area contributed by atoms with Gasteiger partial charge in [0.1, 0.15) is 11.2 Å². The van der Waals surface area contributed by atoms with E-state index in [0.717, 1.165) is 5.69 Å². The highest BCUT2D eigenvalue weighted by Gasteiger charge is 2.54. The second-order valence-electron chi connectivity index (χ2n) is 6.45. The number of nitrogens with zero attached hydrogens (tertiary/aromatic N) is 6. The third kappa shape index (κ3) is 2.77. The first-order chi connectivity index (χ1) is 12.6. The van der Waals surface area contributed by atoms with Crippen molar-refractivity contribution < 1.29 is 9.59 Å². The van der Waals surface area contributed by atoms with E-state index in [0.29, 0.717) is 37.3 Å². The predicted octanol–water partition coefficient (Wildman–Crippen LogP) is 0.766. The van der Waals surface area contributed by atoms with Gasteiger partial charge in [0.25, 0.3) is 0 Å². The highest BCUT2D eigenvalue weighted by atomic mass is 16.2. The molecule has 3 heterocycles. The van der Waals surface area contributed by atoms with E-state index in [2.05, 4.69) is 21.3 Å². The molecule has 0 bridgehead atoms. The number of nitriles is 1. The van der Waals surface area contributed by atoms with Crippen molar-refractivity contribution in [3.63, 3.8) is 0 Å². The first-order valence-corrected chi connectivity index (χ1v) is 8.39. The molecule has 2 aromatic heterocycles. The normalized spacial score (nSPS) is 18.6. The van der Waals surface area contributed by atoms with Crippen LogP contribution < -0.4 is 0 Å². The summed E-state index contributed by atoms with van der Waals surface area (Å²) in [5.41, 5.74) is 1.20. The second kappa shape index (κ2) is 6.19. The van der Waals surface area contributed by atoms with Crippen molar-refractivity contribution in [2.45, 2.75) is 24.9 Å². The number of rotatable bonds is 4. The van der Waals surface area contributed by atoms with E-state index in [1.807, 2.05) is 18.2 Å². The average Bonchev–Trinajstić information content (AvgIpc) is 3.48. The fraction of sp³-hybridized carbons (Fsp3) is 0.333. The van der Waals surface area contributed by atoms with Gasteiger partial charge in [0.15, 0.2) is 0 Å². The fourth-order valence-electron chi connectivity index (χ4n) is 3.08. The first kappa shape index (κ1) is 16.1. The van der Waals surface area contributed by atoms with Gasteiger partial charge in [0, 0.05) is 19.3 Å². The topological polar surface area (TPSA) is 103 Å². The van der Waals surface area contributed by atoms with E-state index in [4.69, 9.17) is 0 Å². The number of carbonyl (C=O) groups is 2. The van der Waals surface area contributed by atoms with E-state index < -0.39 is 17.4 Å². The Morgan fingerprint density at radius 2 is 1.88 bits per heavy atom. The van der Waals surface area contributed by atoms with Crippen molar-refractivity contribution in [1.82, 2.24) is 25.0 Å². The van der Waals surface area contributed by atoms with Gasteiger partial charge < -0.3 is 9.80 Å². The zero-order valence-corrected chi connectivity index (χ0v) is 14.0. The lowest BCUT2D eigenvalue weighted by atomic mass is 10.1. The minimum Gasteiger partial charge on any atom is -0.327 e. The molecule has 0 atom stereocenters. The monoisotopic (exact) mass is 348 g/mol. The maximum atomic E-state index is 12.4. The predicted molar refractivity (Wildman–Crippen MR) is 90.0 cm³/mol. The third-order valence-electron chi connectivity index (χ3n) is 4.76. The van der Waals surface area contributed by atoms with E-state index >= 15 is 0 Å². The number of hydrogen-bond acceptors (Lipinski definition) is 6. The lowest BCUT2D eigenvalue weighted by Crippen LogP contribution is -2.57. The number of aromatic nitrogens is 3. The van der Waals surface area contributed by atoms with Gasteiger partial charge in [-0.05, 0) is 37.1 Å². The van der Waals surface area contributed by atoms with Gasteiger partial charge in [-0.3, -0.25) is 14.6 Å². The van der Waals surface area contributed by atoms with Gasteiger partial charge in [-0.1, -0.05) is 6.07 Å². The van der Waals surface area contributed by atoms with Crippen LogP contribution in [-0.2, 0) is 16.1 Å². The standard InChI is InChI=1S/C18H16N6O2/c19-12-18(6-7-18)24-10-9-23(16(25)17(24)26)11-13-4-5-15(22-21-13)14-3-1-2-8-20-14/h1-5,8H,6-7,9-11H2. The van der Waals surface area contributed by atoms with Crippen LogP contribution in [0.15, 0.2) is 36.5 Å². The zero-order chi connectivity index (χ0) is 18.1. The molecule has 0 spiro atoms. The molecule has 1 aliphatic carbocycles. The number of carbonyl (C=O) groups excluding carboxylic acids is 2. The van der Waals surface area contributed by atoms with Crippen LogP contribution in [-0.4, -0.2) is 55.4 Å². The Hall–Kier alpha value is -3.34. The van der Waals surface area contributed by atoms with Crippen LogP contribution in [0.3, 0.4) is 0 Å². The molecule has 8 nitrogen and oxygen atoms in total. The van der Waals surface area contributed by atoms with Crippen LogP contribution in [0.1, 0.15) is 18.5 Å². The quantitative estimate of drug-likeness (QED) is 0.756. The molecule has 1 saturated carbocycles. The maximum absolute atomic E-state index is 12.4. The molecule has 2 fully saturated rings. The fourth-order valence-corrected chi connectivity index (χ4v) is 3.08. The third-order valence-corrected chi connectivity index (χ3v) is 4.76. The van der Waals surface area contributed by atoms with Crippen molar-refractivity contribution in [2.24, 2.45) is 0 Å². The van der Waals surface area contributed by atoms with Crippen LogP contribution in [0.4, 0.5) is 0 Å². The molecule has 8 heteroatoms. The minimum absolute atomic E-state index is 0.216. The largest absolute Gasteiger partial charge is 0.327 e. The molecule has 1 aliphatic heterocycles. The minimum atomic E-state index is -0.761. The van der Waals surface area contributed by atoms with Crippen LogP contribution in [0.2, 0.25) is 0 Å². The van der Waals surface area contributed by atoms with Gasteiger partial charge in [-0.25, -0.2) is 0 Å². The number of amides is 2. The lowest BCUT2D eigenvalue weighted by Gasteiger charge is -2.36. The van der Waals surface area contributed by atoms with Gasteiger partial charge in [0.05, 0.1) is 24.0 Å². The van der Waals surface area contributed by atoms with Gasteiger partial charge in [0.2, 0.25) is 0 Å². The second-order valence-corrected chi connectivity index (χ2v) is 6.45. The maximum Gasteiger partial charge on any atom is 0.313 e. The molecular weight excluding hydrogens is 332 g/mol. The van der Waals surface area contributed by atoms with Crippen molar-refractivity contribution in [2.75, 3.05) is 13.1 Å². The summed E-state index contributed by atoms with van der Waals surface area (Å²) >= 11 is 0. The van der Waals surface area contributed by atoms with Crippen molar-refractivity contribution >= 4 is 11.8 Å². The lowest BCUT2D eigenvalue weighted by molar-refractivity contribution is -0.158. The summed E-state index contributed by atoms with van der Waals surface area (Å²) in [4.78, 5) is 31.8. The van der Waals surface area contributed by atoms with E-state index in [9.17, 15) is 14.9 Å². The average molecular weight is 348 g/mol. The Bertz CT molecular complexity index is 886. The Labute approximate surface area is 150 Å². The number of hydrogen-bond donors (Lipinski definition) is 0. The van der Waals surface area contributed by atoms with Crippen molar-refractivity contribution in [3.8, 4) is 17.5 Å². The molecule has 0 aromatic carbocycles. The number of piperazine rings is 1. The van der Waals surface area contributed by atoms with Crippen LogP contribution in [0.5, 0.6) is 0 Å². The Kier molecular flexibility index (Phi) is 3.84. The van der Waals surface area contributed by atoms with E-state index in [1.54, 1.807) is 18.3 Å². The zero-order valence-electron chi connectivity index (χ0n) is 14.0. The molecule has 26 heavy (non-hydrogen) atoms. The van der Waals surface area contributed by atoms with Crippen LogP contribution in [0, 0.1) is 11.3 Å². The smallest absolute Gasteiger partial charge is 0.313 e. The highest BCUT2D eigenvalue weighted by molar-refractivity contribution is 6.35. The summed E-state index contributed by atoms with van der Waals surface area (Å²) in [6.07, 6.45) is 2.97. The Morgan fingerprint density at radius 3 is 2.50 bits per heavy atom. The van der Waals surface area contributed by atoms with Gasteiger partial charge in [-0.2, -0.15) is 10.4 Å². The molecule has 2 amide bonds. The van der Waals surface area contributed by atoms with E-state index in [-0.39, 0.29) is 6.54 Å². The SMILES string of the molecule is N#CC1(N2CCN(Cc3ccc(-c4ccccn4)nn3)C(=O)C2=O)CC1. The molecule has 130 valence electrons. The first-order valence-electron chi connectivity index (χ1n) is 8.39. The molecule has 0 radical (unpaired) electrons. The van der Waals surface area contributed by atoms with Crippen LogP contribution in [0.25, 0.3) is 11.4 Å². The Balaban J connectivity index is 1.44. The van der Waals surface area contributed by atoms with Crippen molar-refractivity contribution in [3.05, 3.63) is 42.2 Å². The molecule has 2 aliphatic rings. The summed E-state index contributed by atoms with van der Waals surface area (Å²) < 4.78 is 0. The van der Waals surface area contributed by atoms with E-state index in [1.165, 1.54) is 9.80 Å². The van der Waals surface area contributed by atoms with Crippen molar-refractivity contribution in [1.29, 1.82) is 5.26 Å².